The summed E-state index contributed by atoms with van der Waals surface area (Å²) >= 11 is 1.46. The van der Waals surface area contributed by atoms with Crippen molar-refractivity contribution in [2.75, 3.05) is 10.6 Å². The molecule has 5 heteroatoms. The molecule has 0 aliphatic rings. The van der Waals surface area contributed by atoms with Crippen LogP contribution in [0.2, 0.25) is 0 Å². The van der Waals surface area contributed by atoms with E-state index in [4.69, 9.17) is 0 Å². The second-order valence-corrected chi connectivity index (χ2v) is 6.86. The van der Waals surface area contributed by atoms with Crippen molar-refractivity contribution >= 4 is 35.0 Å². The smallest absolute Gasteiger partial charge is 0.237 e. The monoisotopic (exact) mass is 342 g/mol. The molecule has 2 N–H and O–H groups in total. The maximum Gasteiger partial charge on any atom is 0.237 e. The number of amides is 2. The van der Waals surface area contributed by atoms with E-state index in [0.29, 0.717) is 6.42 Å². The van der Waals surface area contributed by atoms with Gasteiger partial charge in [-0.1, -0.05) is 31.2 Å². The van der Waals surface area contributed by atoms with Crippen LogP contribution in [-0.2, 0) is 9.59 Å². The van der Waals surface area contributed by atoms with Crippen molar-refractivity contribution in [1.29, 1.82) is 0 Å². The van der Waals surface area contributed by atoms with Crippen molar-refractivity contribution < 1.29 is 9.59 Å². The van der Waals surface area contributed by atoms with E-state index in [-0.39, 0.29) is 17.1 Å². The molecule has 0 aliphatic heterocycles. The van der Waals surface area contributed by atoms with Crippen LogP contribution in [-0.4, -0.2) is 17.1 Å². The minimum atomic E-state index is -0.244. The summed E-state index contributed by atoms with van der Waals surface area (Å²) in [5, 5.41) is 5.52. The maximum absolute atomic E-state index is 12.3. The van der Waals surface area contributed by atoms with Gasteiger partial charge in [-0.15, -0.1) is 11.8 Å². The van der Waals surface area contributed by atoms with Gasteiger partial charge in [-0.2, -0.15) is 0 Å². The predicted molar refractivity (Wildman–Crippen MR) is 100 cm³/mol. The molecule has 0 heterocycles. The summed E-state index contributed by atoms with van der Waals surface area (Å²) in [5.41, 5.74) is 1.55. The summed E-state index contributed by atoms with van der Waals surface area (Å²) in [4.78, 5) is 24.9. The molecular formula is C19H22N2O2S. The molecule has 2 amide bonds. The highest BCUT2D eigenvalue weighted by Gasteiger charge is 2.15. The number of hydrogen-bond acceptors (Lipinski definition) is 3. The first-order valence-electron chi connectivity index (χ1n) is 8.01. The number of thioether (sulfide) groups is 1. The van der Waals surface area contributed by atoms with Gasteiger partial charge < -0.3 is 10.6 Å². The minimum Gasteiger partial charge on any atom is -0.326 e. The van der Waals surface area contributed by atoms with Crippen molar-refractivity contribution in [1.82, 2.24) is 0 Å². The van der Waals surface area contributed by atoms with E-state index < -0.39 is 0 Å². The fourth-order valence-corrected chi connectivity index (χ4v) is 3.05. The van der Waals surface area contributed by atoms with E-state index in [1.807, 2.05) is 68.4 Å². The molecule has 1 unspecified atom stereocenters. The molecule has 0 saturated heterocycles. The quantitative estimate of drug-likeness (QED) is 0.726. The number of rotatable bonds is 7. The second-order valence-electron chi connectivity index (χ2n) is 5.44. The number of anilines is 2. The molecule has 2 aromatic rings. The molecule has 0 saturated carbocycles. The van der Waals surface area contributed by atoms with Crippen molar-refractivity contribution in [2.45, 2.75) is 36.8 Å². The van der Waals surface area contributed by atoms with E-state index in [0.717, 1.165) is 22.7 Å². The van der Waals surface area contributed by atoms with Crippen LogP contribution in [0.3, 0.4) is 0 Å². The lowest BCUT2D eigenvalue weighted by Crippen LogP contribution is -2.22. The van der Waals surface area contributed by atoms with E-state index >= 15 is 0 Å². The zero-order valence-electron chi connectivity index (χ0n) is 13.9. The Labute approximate surface area is 147 Å². The number of hydrogen-bond donors (Lipinski definition) is 2. The van der Waals surface area contributed by atoms with Gasteiger partial charge in [-0.25, -0.2) is 0 Å². The van der Waals surface area contributed by atoms with E-state index in [1.54, 1.807) is 0 Å². The Balaban J connectivity index is 1.94. The Morgan fingerprint density at radius 3 is 2.42 bits per heavy atom. The Morgan fingerprint density at radius 2 is 1.71 bits per heavy atom. The molecule has 126 valence electrons. The highest BCUT2D eigenvalue weighted by atomic mass is 32.2. The molecule has 0 aliphatic carbocycles. The fraction of sp³-hybridized carbons (Fsp3) is 0.263. The van der Waals surface area contributed by atoms with Crippen LogP contribution >= 0.6 is 11.8 Å². The molecule has 24 heavy (non-hydrogen) atoms. The Hall–Kier alpha value is -2.27. The van der Waals surface area contributed by atoms with Gasteiger partial charge in [-0.3, -0.25) is 9.59 Å². The summed E-state index contributed by atoms with van der Waals surface area (Å²) in [6, 6.07) is 17.0. The maximum atomic E-state index is 12.3. The van der Waals surface area contributed by atoms with Gasteiger partial charge in [0.05, 0.1) is 5.25 Å². The molecule has 0 aromatic heterocycles. The first-order valence-corrected chi connectivity index (χ1v) is 8.89. The number of benzene rings is 2. The molecule has 0 radical (unpaired) electrons. The Kier molecular flexibility index (Phi) is 6.88. The fourth-order valence-electron chi connectivity index (χ4n) is 2.12. The van der Waals surface area contributed by atoms with E-state index in [9.17, 15) is 9.59 Å². The largest absolute Gasteiger partial charge is 0.326 e. The SMILES string of the molecule is CCCC(=O)Nc1cccc(SC(C)C(=O)Nc2ccccc2)c1. The van der Waals surface area contributed by atoms with Crippen LogP contribution in [0.4, 0.5) is 11.4 Å². The lowest BCUT2D eigenvalue weighted by molar-refractivity contribution is -0.116. The first kappa shape index (κ1) is 18.1. The average Bonchev–Trinajstić information content (AvgIpc) is 2.56. The highest BCUT2D eigenvalue weighted by Crippen LogP contribution is 2.26. The normalized spacial score (nSPS) is 11.6. The number of nitrogens with one attached hydrogen (secondary N) is 2. The third-order valence-electron chi connectivity index (χ3n) is 3.32. The molecule has 4 nitrogen and oxygen atoms in total. The van der Waals surface area contributed by atoms with Crippen molar-refractivity contribution in [3.05, 3.63) is 54.6 Å². The molecule has 0 bridgehead atoms. The summed E-state index contributed by atoms with van der Waals surface area (Å²) in [6.45, 7) is 3.84. The predicted octanol–water partition coefficient (Wildman–Crippen LogP) is 4.54. The van der Waals surface area contributed by atoms with E-state index in [1.165, 1.54) is 11.8 Å². The zero-order chi connectivity index (χ0) is 17.4. The summed E-state index contributed by atoms with van der Waals surface area (Å²) in [6.07, 6.45) is 1.32. The van der Waals surface area contributed by atoms with Gasteiger partial charge in [0.2, 0.25) is 11.8 Å². The van der Waals surface area contributed by atoms with Gasteiger partial charge in [-0.05, 0) is 43.7 Å². The lowest BCUT2D eigenvalue weighted by atomic mass is 10.3. The molecule has 2 aromatic carbocycles. The van der Waals surface area contributed by atoms with Crippen molar-refractivity contribution in [3.63, 3.8) is 0 Å². The van der Waals surface area contributed by atoms with Gasteiger partial charge in [0.1, 0.15) is 0 Å². The molecule has 0 fully saturated rings. The van der Waals surface area contributed by atoms with E-state index in [2.05, 4.69) is 10.6 Å². The Bertz CT molecular complexity index is 689. The molecule has 2 rings (SSSR count). The van der Waals surface area contributed by atoms with Gasteiger partial charge in [0, 0.05) is 22.7 Å². The highest BCUT2D eigenvalue weighted by molar-refractivity contribution is 8.00. The van der Waals surface area contributed by atoms with Gasteiger partial charge >= 0.3 is 0 Å². The lowest BCUT2D eigenvalue weighted by Gasteiger charge is -2.13. The molecular weight excluding hydrogens is 320 g/mol. The topological polar surface area (TPSA) is 58.2 Å². The van der Waals surface area contributed by atoms with Gasteiger partial charge in [0.15, 0.2) is 0 Å². The first-order chi connectivity index (χ1) is 11.6. The average molecular weight is 342 g/mol. The van der Waals surface area contributed by atoms with Crippen LogP contribution in [0.1, 0.15) is 26.7 Å². The van der Waals surface area contributed by atoms with Crippen LogP contribution in [0.5, 0.6) is 0 Å². The summed E-state index contributed by atoms with van der Waals surface area (Å²) in [5.74, 6) is -0.0406. The minimum absolute atomic E-state index is 0.00881. The van der Waals surface area contributed by atoms with Crippen LogP contribution in [0.25, 0.3) is 0 Å². The number of carbonyl (C=O) groups excluding carboxylic acids is 2. The second kappa shape index (κ2) is 9.13. The summed E-state index contributed by atoms with van der Waals surface area (Å²) < 4.78 is 0. The van der Waals surface area contributed by atoms with Gasteiger partial charge in [0.25, 0.3) is 0 Å². The molecule has 0 spiro atoms. The van der Waals surface area contributed by atoms with Crippen LogP contribution in [0, 0.1) is 0 Å². The summed E-state index contributed by atoms with van der Waals surface area (Å²) in [7, 11) is 0. The molecule has 1 atom stereocenters. The third kappa shape index (κ3) is 5.74. The van der Waals surface area contributed by atoms with Crippen LogP contribution < -0.4 is 10.6 Å². The Morgan fingerprint density at radius 1 is 1.00 bits per heavy atom. The van der Waals surface area contributed by atoms with Crippen molar-refractivity contribution in [3.8, 4) is 0 Å². The third-order valence-corrected chi connectivity index (χ3v) is 4.41. The van der Waals surface area contributed by atoms with Crippen molar-refractivity contribution in [2.24, 2.45) is 0 Å². The number of para-hydroxylation sites is 1. The standard InChI is InChI=1S/C19H22N2O2S/c1-3-8-18(22)20-16-11-7-12-17(13-16)24-14(2)19(23)21-15-9-5-4-6-10-15/h4-7,9-14H,3,8H2,1-2H3,(H,20,22)(H,21,23). The zero-order valence-corrected chi connectivity index (χ0v) is 14.7. The van der Waals surface area contributed by atoms with Crippen LogP contribution in [0.15, 0.2) is 59.5 Å². The number of carbonyl (C=O) groups is 2.